The van der Waals surface area contributed by atoms with Crippen molar-refractivity contribution in [1.29, 1.82) is 0 Å². The molecule has 1 saturated heterocycles. The van der Waals surface area contributed by atoms with E-state index in [1.165, 1.54) is 0 Å². The Labute approximate surface area is 143 Å². The van der Waals surface area contributed by atoms with E-state index in [-0.39, 0.29) is 18.0 Å². The van der Waals surface area contributed by atoms with E-state index in [0.29, 0.717) is 38.6 Å². The molecule has 2 rings (SSSR count). The van der Waals surface area contributed by atoms with E-state index in [1.54, 1.807) is 4.90 Å². The first-order valence-electron chi connectivity index (χ1n) is 8.75. The molecule has 0 bridgehead atoms. The monoisotopic (exact) mass is 333 g/mol. The lowest BCUT2D eigenvalue weighted by atomic mass is 9.82. The van der Waals surface area contributed by atoms with Gasteiger partial charge >= 0.3 is 12.1 Å². The maximum absolute atomic E-state index is 12.3. The van der Waals surface area contributed by atoms with Crippen molar-refractivity contribution in [3.8, 4) is 0 Å². The molecule has 5 nitrogen and oxygen atoms in total. The van der Waals surface area contributed by atoms with Gasteiger partial charge < -0.3 is 14.4 Å². The summed E-state index contributed by atoms with van der Waals surface area (Å²) in [6.07, 6.45) is 1.93. The van der Waals surface area contributed by atoms with Crippen LogP contribution in [0.15, 0.2) is 30.3 Å². The summed E-state index contributed by atoms with van der Waals surface area (Å²) in [6.45, 7) is 5.91. The Kier molecular flexibility index (Phi) is 7.09. The van der Waals surface area contributed by atoms with Gasteiger partial charge in [-0.3, -0.25) is 4.79 Å². The van der Waals surface area contributed by atoms with Gasteiger partial charge in [-0.25, -0.2) is 4.79 Å². The van der Waals surface area contributed by atoms with Crippen molar-refractivity contribution < 1.29 is 19.1 Å². The Hall–Kier alpha value is -2.04. The van der Waals surface area contributed by atoms with Crippen LogP contribution in [0.5, 0.6) is 0 Å². The van der Waals surface area contributed by atoms with Gasteiger partial charge in [-0.05, 0) is 30.7 Å². The van der Waals surface area contributed by atoms with Crippen LogP contribution in [0.4, 0.5) is 4.79 Å². The number of carbonyl (C=O) groups excluding carboxylic acids is 2. The predicted octanol–water partition coefficient (Wildman–Crippen LogP) is 3.62. The number of amides is 1. The molecule has 1 fully saturated rings. The fourth-order valence-electron chi connectivity index (χ4n) is 3.22. The molecule has 1 amide bonds. The quantitative estimate of drug-likeness (QED) is 0.746. The summed E-state index contributed by atoms with van der Waals surface area (Å²) >= 11 is 0. The zero-order valence-corrected chi connectivity index (χ0v) is 14.6. The number of benzene rings is 1. The fourth-order valence-corrected chi connectivity index (χ4v) is 3.22. The number of likely N-dealkylation sites (tertiary alicyclic amines) is 1. The Morgan fingerprint density at radius 2 is 1.88 bits per heavy atom. The third kappa shape index (κ3) is 5.25. The molecule has 0 aliphatic carbocycles. The van der Waals surface area contributed by atoms with Gasteiger partial charge in [0.2, 0.25) is 0 Å². The van der Waals surface area contributed by atoms with Gasteiger partial charge in [0, 0.05) is 19.5 Å². The Balaban J connectivity index is 1.83. The van der Waals surface area contributed by atoms with Gasteiger partial charge in [0.25, 0.3) is 0 Å². The molecule has 0 N–H and O–H groups in total. The van der Waals surface area contributed by atoms with E-state index < -0.39 is 0 Å². The average Bonchev–Trinajstić information content (AvgIpc) is 2.61. The SMILES string of the molecule is CCOC(=O)C[C@@H]1CCN(C(=O)OCc2ccccc2)C[C@@H]1CC. The van der Waals surface area contributed by atoms with Crippen LogP contribution in [0.3, 0.4) is 0 Å². The van der Waals surface area contributed by atoms with E-state index in [4.69, 9.17) is 9.47 Å². The molecule has 1 aromatic rings. The highest BCUT2D eigenvalue weighted by Crippen LogP contribution is 2.29. The number of nitrogens with zero attached hydrogens (tertiary/aromatic N) is 1. The van der Waals surface area contributed by atoms with Crippen molar-refractivity contribution in [2.45, 2.75) is 39.7 Å². The number of piperidine rings is 1. The minimum Gasteiger partial charge on any atom is -0.466 e. The van der Waals surface area contributed by atoms with Crippen molar-refractivity contribution in [2.75, 3.05) is 19.7 Å². The predicted molar refractivity (Wildman–Crippen MR) is 91.3 cm³/mol. The summed E-state index contributed by atoms with van der Waals surface area (Å²) in [6, 6.07) is 9.67. The van der Waals surface area contributed by atoms with E-state index in [1.807, 2.05) is 37.3 Å². The number of hydrogen-bond acceptors (Lipinski definition) is 4. The Morgan fingerprint density at radius 3 is 2.54 bits per heavy atom. The zero-order valence-electron chi connectivity index (χ0n) is 14.6. The minimum atomic E-state index is -0.271. The average molecular weight is 333 g/mol. The molecule has 1 aliphatic rings. The van der Waals surface area contributed by atoms with Gasteiger partial charge in [-0.2, -0.15) is 0 Å². The molecule has 0 saturated carbocycles. The second-order valence-corrected chi connectivity index (χ2v) is 6.21. The van der Waals surface area contributed by atoms with Crippen LogP contribution in [0.2, 0.25) is 0 Å². The molecule has 1 heterocycles. The van der Waals surface area contributed by atoms with E-state index in [0.717, 1.165) is 18.4 Å². The molecular weight excluding hydrogens is 306 g/mol. The Morgan fingerprint density at radius 1 is 1.12 bits per heavy atom. The first kappa shape index (κ1) is 18.3. The molecule has 5 heteroatoms. The van der Waals surface area contributed by atoms with Gasteiger partial charge in [0.1, 0.15) is 6.61 Å². The second-order valence-electron chi connectivity index (χ2n) is 6.21. The minimum absolute atomic E-state index is 0.138. The lowest BCUT2D eigenvalue weighted by Crippen LogP contribution is -2.44. The molecule has 2 atom stereocenters. The lowest BCUT2D eigenvalue weighted by Gasteiger charge is -2.37. The van der Waals surface area contributed by atoms with Crippen LogP contribution < -0.4 is 0 Å². The summed E-state index contributed by atoms with van der Waals surface area (Å²) in [7, 11) is 0. The van der Waals surface area contributed by atoms with Crippen LogP contribution in [-0.2, 0) is 20.9 Å². The van der Waals surface area contributed by atoms with Crippen molar-refractivity contribution >= 4 is 12.1 Å². The lowest BCUT2D eigenvalue weighted by molar-refractivity contribution is -0.145. The fraction of sp³-hybridized carbons (Fsp3) is 0.579. The Bertz CT molecular complexity index is 531. The van der Waals surface area contributed by atoms with E-state index >= 15 is 0 Å². The van der Waals surface area contributed by atoms with E-state index in [9.17, 15) is 9.59 Å². The molecule has 0 unspecified atom stereocenters. The summed E-state index contributed by atoms with van der Waals surface area (Å²) in [5.74, 6) is 0.459. The van der Waals surface area contributed by atoms with Crippen LogP contribution >= 0.6 is 0 Å². The van der Waals surface area contributed by atoms with Crippen LogP contribution in [-0.4, -0.2) is 36.7 Å². The van der Waals surface area contributed by atoms with Gasteiger partial charge in [-0.1, -0.05) is 43.7 Å². The number of hydrogen-bond donors (Lipinski definition) is 0. The highest BCUT2D eigenvalue weighted by atomic mass is 16.6. The van der Waals surface area contributed by atoms with Crippen molar-refractivity contribution in [2.24, 2.45) is 11.8 Å². The van der Waals surface area contributed by atoms with Crippen LogP contribution in [0, 0.1) is 11.8 Å². The summed E-state index contributed by atoms with van der Waals surface area (Å²) in [5, 5.41) is 0. The number of esters is 1. The highest BCUT2D eigenvalue weighted by Gasteiger charge is 2.32. The number of carbonyl (C=O) groups is 2. The number of rotatable bonds is 6. The zero-order chi connectivity index (χ0) is 17.4. The molecule has 0 radical (unpaired) electrons. The maximum Gasteiger partial charge on any atom is 0.410 e. The molecule has 1 aromatic carbocycles. The van der Waals surface area contributed by atoms with Crippen molar-refractivity contribution in [1.82, 2.24) is 4.90 Å². The molecule has 1 aliphatic heterocycles. The molecule has 132 valence electrons. The van der Waals surface area contributed by atoms with Gasteiger partial charge in [0.15, 0.2) is 0 Å². The van der Waals surface area contributed by atoms with E-state index in [2.05, 4.69) is 6.92 Å². The largest absolute Gasteiger partial charge is 0.466 e. The third-order valence-corrected chi connectivity index (χ3v) is 4.61. The van der Waals surface area contributed by atoms with Gasteiger partial charge in [0.05, 0.1) is 6.61 Å². The topological polar surface area (TPSA) is 55.8 Å². The normalized spacial score (nSPS) is 20.5. The first-order chi connectivity index (χ1) is 11.6. The van der Waals surface area contributed by atoms with Gasteiger partial charge in [-0.15, -0.1) is 0 Å². The summed E-state index contributed by atoms with van der Waals surface area (Å²) in [5.41, 5.74) is 0.982. The molecule has 24 heavy (non-hydrogen) atoms. The summed E-state index contributed by atoms with van der Waals surface area (Å²) in [4.78, 5) is 25.8. The molecular formula is C19H27NO4. The molecule has 0 aromatic heterocycles. The molecule has 0 spiro atoms. The highest BCUT2D eigenvalue weighted by molar-refractivity contribution is 5.70. The third-order valence-electron chi connectivity index (χ3n) is 4.61. The standard InChI is InChI=1S/C19H27NO4/c1-3-16-13-20(11-10-17(16)12-18(21)23-4-2)19(22)24-14-15-8-6-5-7-9-15/h5-9,16-17H,3-4,10-14H2,1-2H3/t16-,17-/m0/s1. The second kappa shape index (κ2) is 9.30. The van der Waals surface area contributed by atoms with Crippen LogP contribution in [0.25, 0.3) is 0 Å². The first-order valence-corrected chi connectivity index (χ1v) is 8.75. The smallest absolute Gasteiger partial charge is 0.410 e. The maximum atomic E-state index is 12.3. The van der Waals surface area contributed by atoms with Crippen molar-refractivity contribution in [3.05, 3.63) is 35.9 Å². The van der Waals surface area contributed by atoms with Crippen LogP contribution in [0.1, 0.15) is 38.7 Å². The number of ether oxygens (including phenoxy) is 2. The summed E-state index contributed by atoms with van der Waals surface area (Å²) < 4.78 is 10.5. The van der Waals surface area contributed by atoms with Crippen molar-refractivity contribution in [3.63, 3.8) is 0 Å².